The van der Waals surface area contributed by atoms with Crippen LogP contribution in [0.25, 0.3) is 0 Å². The van der Waals surface area contributed by atoms with Crippen molar-refractivity contribution in [3.05, 3.63) is 58.7 Å². The minimum Gasteiger partial charge on any atom is -0.357 e. The zero-order chi connectivity index (χ0) is 40.6. The Morgan fingerprint density at radius 1 is 0.481 bits per heavy atom. The number of halogens is 12. The van der Waals surface area contributed by atoms with Crippen LogP contribution in [-0.4, -0.2) is 72.4 Å². The summed E-state index contributed by atoms with van der Waals surface area (Å²) in [6, 6.07) is -0.872. The van der Waals surface area contributed by atoms with Crippen LogP contribution in [0.4, 0.5) is 64.1 Å². The van der Waals surface area contributed by atoms with E-state index in [1.807, 2.05) is 9.80 Å². The van der Waals surface area contributed by atoms with Crippen molar-refractivity contribution < 1.29 is 52.7 Å². The first kappa shape index (κ1) is 43.6. The van der Waals surface area contributed by atoms with E-state index in [2.05, 4.69) is 10.6 Å². The minimum atomic E-state index is -5.37. The topological polar surface area (TPSA) is 37.0 Å². The van der Waals surface area contributed by atoms with Crippen molar-refractivity contribution in [2.45, 2.75) is 100 Å². The molecule has 4 rings (SSSR count). The van der Waals surface area contributed by atoms with E-state index in [0.29, 0.717) is 48.5 Å². The molecule has 0 saturated heterocycles. The van der Waals surface area contributed by atoms with Crippen LogP contribution in [-0.2, 0) is 24.7 Å². The standard InChI is InChI=1S/C34H40F12N6S2/c1-49(2)27-11-7-5-9-25(27)47-29(53)51(23-15-19(31(35,36)37)13-20(16-23)32(38,39)40)52(30(54)48-26-10-6-8-12-28(26)50(3)4)24-17-21(33(41,42)43)14-22(18-24)34(44,45)46/h13-18,25-28H,5-12H2,1-4H3,(H,47,53)(H,48,54). The highest BCUT2D eigenvalue weighted by molar-refractivity contribution is 7.81. The maximum Gasteiger partial charge on any atom is 0.416 e. The van der Waals surface area contributed by atoms with E-state index in [1.54, 1.807) is 28.2 Å². The first-order chi connectivity index (χ1) is 24.8. The van der Waals surface area contributed by atoms with Gasteiger partial charge in [0.25, 0.3) is 0 Å². The Labute approximate surface area is 315 Å². The molecule has 4 atom stereocenters. The summed E-state index contributed by atoms with van der Waals surface area (Å²) in [5, 5.41) is 5.71. The number of thiocarbonyl (C=S) groups is 2. The molecule has 2 fully saturated rings. The Morgan fingerprint density at radius 3 is 0.981 bits per heavy atom. The zero-order valence-electron chi connectivity index (χ0n) is 29.6. The van der Waals surface area contributed by atoms with Gasteiger partial charge in [0.05, 0.1) is 33.6 Å². The highest BCUT2D eigenvalue weighted by atomic mass is 32.1. The van der Waals surface area contributed by atoms with Crippen LogP contribution in [0, 0.1) is 0 Å². The van der Waals surface area contributed by atoms with E-state index in [9.17, 15) is 52.7 Å². The molecule has 54 heavy (non-hydrogen) atoms. The molecule has 0 heterocycles. The van der Waals surface area contributed by atoms with Crippen LogP contribution in [0.15, 0.2) is 36.4 Å². The average molecular weight is 825 g/mol. The molecule has 2 aromatic rings. The van der Waals surface area contributed by atoms with E-state index < -0.39 is 80.6 Å². The number of hydrazine groups is 1. The second kappa shape index (κ2) is 16.6. The Kier molecular flexibility index (Phi) is 13.4. The highest BCUT2D eigenvalue weighted by Gasteiger charge is 2.42. The van der Waals surface area contributed by atoms with E-state index >= 15 is 0 Å². The number of benzene rings is 2. The van der Waals surface area contributed by atoms with Gasteiger partial charge in [-0.15, -0.1) is 0 Å². The number of rotatable bonds is 6. The van der Waals surface area contributed by atoms with E-state index in [-0.39, 0.29) is 48.5 Å². The molecule has 302 valence electrons. The Balaban J connectivity index is 2.06. The summed E-state index contributed by atoms with van der Waals surface area (Å²) in [4.78, 5) is 3.65. The van der Waals surface area contributed by atoms with Crippen LogP contribution in [0.3, 0.4) is 0 Å². The maximum absolute atomic E-state index is 14.2. The summed E-state index contributed by atoms with van der Waals surface area (Å²) < 4.78 is 171. The number of hydrogen-bond acceptors (Lipinski definition) is 4. The van der Waals surface area contributed by atoms with Gasteiger partial charge in [0.1, 0.15) is 0 Å². The lowest BCUT2D eigenvalue weighted by Gasteiger charge is -2.44. The molecule has 2 aliphatic rings. The van der Waals surface area contributed by atoms with Gasteiger partial charge in [-0.3, -0.25) is 0 Å². The van der Waals surface area contributed by atoms with Crippen molar-refractivity contribution in [2.24, 2.45) is 0 Å². The molecule has 0 radical (unpaired) electrons. The molecule has 20 heteroatoms. The fraction of sp³-hybridized carbons (Fsp3) is 0.588. The molecule has 0 bridgehead atoms. The molecular formula is C34H40F12N6S2. The number of likely N-dealkylation sites (N-methyl/N-ethyl adjacent to an activating group) is 2. The maximum atomic E-state index is 14.2. The van der Waals surface area contributed by atoms with Crippen LogP contribution in [0.1, 0.15) is 73.6 Å². The summed E-state index contributed by atoms with van der Waals surface area (Å²) in [5.41, 5.74) is -9.17. The third-order valence-corrected chi connectivity index (χ3v) is 10.2. The molecule has 0 aromatic heterocycles. The van der Waals surface area contributed by atoms with Crippen molar-refractivity contribution in [1.82, 2.24) is 20.4 Å². The number of alkyl halides is 12. The van der Waals surface area contributed by atoms with Crippen molar-refractivity contribution in [2.75, 3.05) is 38.2 Å². The van der Waals surface area contributed by atoms with E-state index in [0.717, 1.165) is 12.8 Å². The van der Waals surface area contributed by atoms with Gasteiger partial charge in [-0.25, -0.2) is 10.0 Å². The quantitative estimate of drug-likeness (QED) is 0.170. The average Bonchev–Trinajstić information content (AvgIpc) is 3.05. The molecule has 4 unspecified atom stereocenters. The van der Waals surface area contributed by atoms with Gasteiger partial charge in [-0.1, -0.05) is 25.7 Å². The van der Waals surface area contributed by atoms with Gasteiger partial charge in [0.15, 0.2) is 10.2 Å². The molecule has 2 saturated carbocycles. The third-order valence-electron chi connectivity index (χ3n) is 9.62. The van der Waals surface area contributed by atoms with Gasteiger partial charge in [0, 0.05) is 24.2 Å². The molecule has 0 amide bonds. The van der Waals surface area contributed by atoms with E-state index in [1.165, 1.54) is 0 Å². The van der Waals surface area contributed by atoms with Crippen molar-refractivity contribution >= 4 is 46.0 Å². The van der Waals surface area contributed by atoms with Crippen molar-refractivity contribution in [1.29, 1.82) is 0 Å². The van der Waals surface area contributed by atoms with Gasteiger partial charge in [-0.05, 0) is 115 Å². The van der Waals surface area contributed by atoms with Gasteiger partial charge in [-0.2, -0.15) is 52.7 Å². The summed E-state index contributed by atoms with van der Waals surface area (Å²) in [6.07, 6.45) is -16.6. The lowest BCUT2D eigenvalue weighted by molar-refractivity contribution is -0.144. The number of nitrogens with one attached hydrogen (secondary N) is 2. The van der Waals surface area contributed by atoms with Gasteiger partial charge in [0.2, 0.25) is 0 Å². The molecule has 0 spiro atoms. The molecule has 2 N–H and O–H groups in total. The predicted octanol–water partition coefficient (Wildman–Crippen LogP) is 9.48. The molecular weight excluding hydrogens is 785 g/mol. The third kappa shape index (κ3) is 10.6. The second-order valence-corrected chi connectivity index (χ2v) is 14.7. The predicted molar refractivity (Wildman–Crippen MR) is 189 cm³/mol. The minimum absolute atomic E-state index is 0.155. The second-order valence-electron chi connectivity index (χ2n) is 13.9. The monoisotopic (exact) mass is 824 g/mol. The zero-order valence-corrected chi connectivity index (χ0v) is 31.2. The van der Waals surface area contributed by atoms with Crippen LogP contribution >= 0.6 is 24.4 Å². The number of hydrogen-bond donors (Lipinski definition) is 2. The van der Waals surface area contributed by atoms with Crippen LogP contribution in [0.5, 0.6) is 0 Å². The fourth-order valence-corrected chi connectivity index (χ4v) is 7.68. The molecule has 2 aliphatic carbocycles. The normalized spacial score (nSPS) is 21.6. The van der Waals surface area contributed by atoms with Crippen molar-refractivity contribution in [3.8, 4) is 0 Å². The van der Waals surface area contributed by atoms with Crippen molar-refractivity contribution in [3.63, 3.8) is 0 Å². The van der Waals surface area contributed by atoms with E-state index in [4.69, 9.17) is 24.4 Å². The molecule has 0 aliphatic heterocycles. The summed E-state index contributed by atoms with van der Waals surface area (Å²) >= 11 is 11.4. The highest BCUT2D eigenvalue weighted by Crippen LogP contribution is 2.42. The Bertz CT molecular complexity index is 1460. The lowest BCUT2D eigenvalue weighted by atomic mass is 9.89. The van der Waals surface area contributed by atoms with Crippen LogP contribution < -0.4 is 20.7 Å². The van der Waals surface area contributed by atoms with Gasteiger partial charge < -0.3 is 20.4 Å². The molecule has 6 nitrogen and oxygen atoms in total. The summed E-state index contributed by atoms with van der Waals surface area (Å²) in [5.74, 6) is 0. The Morgan fingerprint density at radius 2 is 0.741 bits per heavy atom. The number of anilines is 2. The van der Waals surface area contributed by atoms with Crippen LogP contribution in [0.2, 0.25) is 0 Å². The summed E-state index contributed by atoms with van der Waals surface area (Å²) in [6.45, 7) is 0. The smallest absolute Gasteiger partial charge is 0.357 e. The molecule has 2 aromatic carbocycles. The largest absolute Gasteiger partial charge is 0.416 e. The number of nitrogens with zero attached hydrogens (tertiary/aromatic N) is 4. The first-order valence-corrected chi connectivity index (χ1v) is 17.7. The lowest BCUT2D eigenvalue weighted by Crippen LogP contribution is -2.63. The fourth-order valence-electron chi connectivity index (χ4n) is 7.00. The SMILES string of the molecule is CN(C)C1CCCCC1NC(=S)N(c1cc(C(F)(F)F)cc(C(F)(F)F)c1)N(C(=S)NC1CCCCC1N(C)C)c1cc(C(F)(F)F)cc(C(F)(F)F)c1. The Hall–Kier alpha value is -3.10. The first-order valence-electron chi connectivity index (χ1n) is 16.9. The van der Waals surface area contributed by atoms with Gasteiger partial charge >= 0.3 is 24.7 Å². The summed E-state index contributed by atoms with van der Waals surface area (Å²) in [7, 11) is 6.97.